The molecule has 0 aliphatic carbocycles. The molecule has 0 bridgehead atoms. The Hall–Kier alpha value is -1.31. The zero-order valence-electron chi connectivity index (χ0n) is 14.4. The summed E-state index contributed by atoms with van der Waals surface area (Å²) in [6.07, 6.45) is 0.972. The molecule has 2 aromatic heterocycles. The van der Waals surface area contributed by atoms with Crippen LogP contribution in [0.25, 0.3) is 0 Å². The van der Waals surface area contributed by atoms with E-state index in [0.717, 1.165) is 28.9 Å². The highest BCUT2D eigenvalue weighted by Gasteiger charge is 2.20. The van der Waals surface area contributed by atoms with Gasteiger partial charge in [0.2, 0.25) is 30.1 Å². The molecule has 0 unspecified atom stereocenters. The smallest absolute Gasteiger partial charge is 0.241 e. The van der Waals surface area contributed by atoms with Gasteiger partial charge in [0.15, 0.2) is 0 Å². The maximum Gasteiger partial charge on any atom is 0.241 e. The lowest BCUT2D eigenvalue weighted by Crippen LogP contribution is -2.23. The topological polar surface area (TPSA) is 245 Å². The van der Waals surface area contributed by atoms with Crippen molar-refractivity contribution in [3.8, 4) is 0 Å². The molecule has 0 aliphatic rings. The molecule has 0 aliphatic heterocycles. The summed E-state index contributed by atoms with van der Waals surface area (Å²) in [7, 11) is -11.1. The summed E-state index contributed by atoms with van der Waals surface area (Å²) in [5, 5.41) is 13.2. The monoisotopic (exact) mass is 492 g/mol. The van der Waals surface area contributed by atoms with Crippen LogP contribution in [0.5, 0.6) is 0 Å². The number of hydrogen-bond donors (Lipinski definition) is 6. The molecule has 0 atom stereocenters. The average molecular weight is 493 g/mol. The normalized spacial score (nSPS) is 12.4. The molecule has 0 spiro atoms. The van der Waals surface area contributed by atoms with E-state index in [0.29, 0.717) is 5.56 Å². The maximum atomic E-state index is 11.2. The van der Waals surface area contributed by atoms with Gasteiger partial charge < -0.3 is 17.2 Å². The summed E-state index contributed by atoms with van der Waals surface area (Å²) in [4.78, 5) is -0.247. The predicted molar refractivity (Wildman–Crippen MR) is 110 cm³/mol. The summed E-state index contributed by atoms with van der Waals surface area (Å²) in [6.45, 7) is -0.0300. The van der Waals surface area contributed by atoms with Crippen LogP contribution in [0.1, 0.15) is 11.1 Å². The first-order valence-corrected chi connectivity index (χ1v) is 13.7. The van der Waals surface area contributed by atoms with E-state index in [2.05, 4.69) is 4.72 Å². The second kappa shape index (κ2) is 9.01. The van der Waals surface area contributed by atoms with Crippen LogP contribution in [0.3, 0.4) is 0 Å². The zero-order chi connectivity index (χ0) is 21.9. The standard InChI is InChI=1S/C6H11N3O4S3.C5H9N3O2S2/c1-15(10,11)9-2-4-3-14-6(7)5(4)16(8,12)13;6-1-3-2-11-5(7)4(3)12(8,9)10/h3,9H,2,7H2,1H3,(H2,8,12,13);2H,1,6-7H2,(H2,8,9,10). The molecule has 17 heteroatoms. The highest BCUT2D eigenvalue weighted by molar-refractivity contribution is 7.90. The van der Waals surface area contributed by atoms with Gasteiger partial charge in [0, 0.05) is 13.1 Å². The van der Waals surface area contributed by atoms with E-state index < -0.39 is 30.1 Å². The van der Waals surface area contributed by atoms with Gasteiger partial charge in [-0.15, -0.1) is 22.7 Å². The number of sulfonamides is 3. The number of nitrogens with two attached hydrogens (primary N) is 5. The molecular weight excluding hydrogens is 472 g/mol. The van der Waals surface area contributed by atoms with Crippen molar-refractivity contribution in [3.05, 3.63) is 21.9 Å². The van der Waals surface area contributed by atoms with E-state index in [1.807, 2.05) is 0 Å². The number of primary sulfonamides is 2. The van der Waals surface area contributed by atoms with Crippen LogP contribution in [0, 0.1) is 0 Å². The zero-order valence-corrected chi connectivity index (χ0v) is 18.5. The minimum atomic E-state index is -3.94. The van der Waals surface area contributed by atoms with Crippen LogP contribution < -0.4 is 32.2 Å². The Morgan fingerprint density at radius 1 is 0.857 bits per heavy atom. The third kappa shape index (κ3) is 6.94. The number of nitrogen functional groups attached to an aromatic ring is 2. The molecule has 28 heavy (non-hydrogen) atoms. The molecule has 160 valence electrons. The van der Waals surface area contributed by atoms with Crippen molar-refractivity contribution in [2.45, 2.75) is 22.9 Å². The molecule has 0 fully saturated rings. The first kappa shape index (κ1) is 24.7. The highest BCUT2D eigenvalue weighted by Crippen LogP contribution is 2.29. The van der Waals surface area contributed by atoms with Gasteiger partial charge in [-0.2, -0.15) is 0 Å². The van der Waals surface area contributed by atoms with Crippen molar-refractivity contribution < 1.29 is 25.3 Å². The quantitative estimate of drug-likeness (QED) is 0.273. The van der Waals surface area contributed by atoms with Gasteiger partial charge in [0.1, 0.15) is 19.8 Å². The second-order valence-electron chi connectivity index (χ2n) is 5.30. The number of anilines is 2. The molecule has 2 aromatic rings. The van der Waals surface area contributed by atoms with Crippen molar-refractivity contribution in [3.63, 3.8) is 0 Å². The van der Waals surface area contributed by atoms with Crippen molar-refractivity contribution in [2.75, 3.05) is 17.7 Å². The van der Waals surface area contributed by atoms with Crippen LogP contribution in [-0.4, -0.2) is 31.5 Å². The summed E-state index contributed by atoms with van der Waals surface area (Å²) in [5.74, 6) is 0. The molecule has 0 amide bonds. The summed E-state index contributed by atoms with van der Waals surface area (Å²) < 4.78 is 68.1. The van der Waals surface area contributed by atoms with Crippen LogP contribution in [0.15, 0.2) is 20.6 Å². The summed E-state index contributed by atoms with van der Waals surface area (Å²) >= 11 is 2.11. The van der Waals surface area contributed by atoms with Crippen molar-refractivity contribution in [2.24, 2.45) is 16.0 Å². The van der Waals surface area contributed by atoms with Gasteiger partial charge in [0.05, 0.1) is 6.26 Å². The first-order valence-electron chi connectivity index (χ1n) is 7.00. The van der Waals surface area contributed by atoms with Crippen LogP contribution in [-0.2, 0) is 43.2 Å². The fourth-order valence-corrected chi connectivity index (χ4v) is 6.46. The molecule has 0 saturated carbocycles. The lowest BCUT2D eigenvalue weighted by Gasteiger charge is -2.03. The molecule has 2 heterocycles. The molecule has 0 saturated heterocycles. The number of rotatable bonds is 6. The fourth-order valence-electron chi connectivity index (χ4n) is 1.92. The lowest BCUT2D eigenvalue weighted by molar-refractivity contribution is 0.584. The highest BCUT2D eigenvalue weighted by atomic mass is 32.2. The Balaban J connectivity index is 0.000000292. The Labute approximate surface area is 170 Å². The third-order valence-corrected chi connectivity index (χ3v) is 7.75. The van der Waals surface area contributed by atoms with E-state index >= 15 is 0 Å². The second-order valence-corrected chi connectivity index (χ2v) is 11.9. The first-order chi connectivity index (χ1) is 12.6. The van der Waals surface area contributed by atoms with Gasteiger partial charge in [-0.05, 0) is 21.9 Å². The Kier molecular flexibility index (Phi) is 7.96. The molecule has 0 radical (unpaired) electrons. The van der Waals surface area contributed by atoms with Gasteiger partial charge >= 0.3 is 0 Å². The van der Waals surface area contributed by atoms with Crippen molar-refractivity contribution >= 4 is 62.7 Å². The van der Waals surface area contributed by atoms with Gasteiger partial charge in [-0.3, -0.25) is 0 Å². The Bertz CT molecular complexity index is 1150. The minimum Gasteiger partial charge on any atom is -0.389 e. The Morgan fingerprint density at radius 3 is 1.57 bits per heavy atom. The SMILES string of the molecule is CS(=O)(=O)NCc1csc(N)c1S(N)(=O)=O.NCc1csc(N)c1S(N)(=O)=O. The molecule has 12 nitrogen and oxygen atoms in total. The van der Waals surface area contributed by atoms with Gasteiger partial charge in [-0.25, -0.2) is 40.3 Å². The Morgan fingerprint density at radius 2 is 1.25 bits per heavy atom. The largest absolute Gasteiger partial charge is 0.389 e. The molecule has 0 aromatic carbocycles. The number of thiophene rings is 2. The van der Waals surface area contributed by atoms with Crippen LogP contribution in [0.4, 0.5) is 10.0 Å². The molecule has 11 N–H and O–H groups in total. The predicted octanol–water partition coefficient (Wildman–Crippen LogP) is -1.54. The van der Waals surface area contributed by atoms with Crippen molar-refractivity contribution in [1.82, 2.24) is 4.72 Å². The average Bonchev–Trinajstić information content (AvgIpc) is 3.06. The van der Waals surface area contributed by atoms with E-state index in [1.54, 1.807) is 5.38 Å². The van der Waals surface area contributed by atoms with Crippen LogP contribution >= 0.6 is 22.7 Å². The number of hydrogen-bond acceptors (Lipinski definition) is 11. The number of nitrogens with one attached hydrogen (secondary N) is 1. The maximum absolute atomic E-state index is 11.2. The van der Waals surface area contributed by atoms with Gasteiger partial charge in [0.25, 0.3) is 0 Å². The summed E-state index contributed by atoms with van der Waals surface area (Å²) in [5.41, 5.74) is 16.9. The van der Waals surface area contributed by atoms with Crippen molar-refractivity contribution in [1.29, 1.82) is 0 Å². The molecule has 2 rings (SSSR count). The fraction of sp³-hybridized carbons (Fsp3) is 0.273. The van der Waals surface area contributed by atoms with Gasteiger partial charge in [-0.1, -0.05) is 0 Å². The lowest BCUT2D eigenvalue weighted by atomic mass is 10.3. The molecular formula is C11H20N6O6S5. The summed E-state index contributed by atoms with van der Waals surface area (Å²) in [6, 6.07) is 0. The van der Waals surface area contributed by atoms with E-state index in [9.17, 15) is 25.3 Å². The third-order valence-electron chi connectivity index (χ3n) is 3.00. The van der Waals surface area contributed by atoms with Crippen LogP contribution in [0.2, 0.25) is 0 Å². The van der Waals surface area contributed by atoms with E-state index in [4.69, 9.17) is 27.5 Å². The minimum absolute atomic E-state index is 0.0324. The van der Waals surface area contributed by atoms with E-state index in [-0.39, 0.29) is 38.4 Å². The van der Waals surface area contributed by atoms with E-state index in [1.165, 1.54) is 5.38 Å².